The fourth-order valence-electron chi connectivity index (χ4n) is 2.63. The first-order valence-corrected chi connectivity index (χ1v) is 7.45. The molecule has 5 nitrogen and oxygen atoms in total. The lowest BCUT2D eigenvalue weighted by atomic mass is 9.99. The normalized spacial score (nSPS) is 22.1. The fraction of sp³-hybridized carbons (Fsp3) is 0.867. The summed E-state index contributed by atoms with van der Waals surface area (Å²) >= 11 is 0. The van der Waals surface area contributed by atoms with Crippen LogP contribution in [0.15, 0.2) is 0 Å². The molecule has 0 aromatic heterocycles. The second-order valence-corrected chi connectivity index (χ2v) is 6.30. The summed E-state index contributed by atoms with van der Waals surface area (Å²) in [6, 6.07) is -0.377. The van der Waals surface area contributed by atoms with Crippen LogP contribution in [0.3, 0.4) is 0 Å². The van der Waals surface area contributed by atoms with Crippen LogP contribution in [0.5, 0.6) is 0 Å². The van der Waals surface area contributed by atoms with Gasteiger partial charge in [0.2, 0.25) is 11.8 Å². The fourth-order valence-corrected chi connectivity index (χ4v) is 2.63. The van der Waals surface area contributed by atoms with E-state index >= 15 is 0 Å². The van der Waals surface area contributed by atoms with Gasteiger partial charge in [0.25, 0.3) is 0 Å². The van der Waals surface area contributed by atoms with Crippen LogP contribution in [0.1, 0.15) is 40.5 Å². The van der Waals surface area contributed by atoms with Gasteiger partial charge in [-0.15, -0.1) is 0 Å². The molecule has 1 aliphatic heterocycles. The predicted molar refractivity (Wildman–Crippen MR) is 78.2 cm³/mol. The number of nitrogens with zero attached hydrogens (tertiary/aromatic N) is 1. The summed E-state index contributed by atoms with van der Waals surface area (Å²) in [5, 5.41) is 2.85. The van der Waals surface area contributed by atoms with E-state index in [9.17, 15) is 9.59 Å². The highest BCUT2D eigenvalue weighted by Gasteiger charge is 2.35. The number of hydrogen-bond acceptors (Lipinski definition) is 3. The van der Waals surface area contributed by atoms with E-state index in [1.807, 2.05) is 4.90 Å². The number of nitrogens with one attached hydrogen (secondary N) is 1. The zero-order chi connectivity index (χ0) is 15.3. The number of amides is 2. The van der Waals surface area contributed by atoms with E-state index in [-0.39, 0.29) is 17.9 Å². The number of rotatable bonds is 6. The van der Waals surface area contributed by atoms with Gasteiger partial charge in [-0.05, 0) is 18.3 Å². The maximum Gasteiger partial charge on any atom is 0.245 e. The number of hydrogen-bond donors (Lipinski definition) is 1. The van der Waals surface area contributed by atoms with Crippen LogP contribution in [0, 0.1) is 11.8 Å². The SMILES string of the molecule is COCC(C(C)C)N1CCC(=O)NC(CC(C)C)C1=O. The van der Waals surface area contributed by atoms with Gasteiger partial charge in [0, 0.05) is 20.1 Å². The standard InChI is InChI=1S/C15H28N2O3/c1-10(2)8-12-15(19)17(7-6-14(18)16-12)13(9-20-5)11(3)4/h10-13H,6-9H2,1-5H3,(H,16,18). The first-order valence-electron chi connectivity index (χ1n) is 7.45. The molecule has 1 fully saturated rings. The number of ether oxygens (including phenoxy) is 1. The smallest absolute Gasteiger partial charge is 0.245 e. The third-order valence-electron chi connectivity index (χ3n) is 3.71. The summed E-state index contributed by atoms with van der Waals surface area (Å²) < 4.78 is 5.25. The first kappa shape index (κ1) is 17.0. The molecule has 0 spiro atoms. The monoisotopic (exact) mass is 284 g/mol. The molecule has 0 bridgehead atoms. The van der Waals surface area contributed by atoms with Crippen LogP contribution in [-0.4, -0.2) is 49.1 Å². The van der Waals surface area contributed by atoms with Crippen LogP contribution in [0.4, 0.5) is 0 Å². The molecule has 0 aromatic carbocycles. The molecular formula is C15H28N2O3. The molecule has 116 valence electrons. The van der Waals surface area contributed by atoms with Crippen molar-refractivity contribution in [2.75, 3.05) is 20.3 Å². The molecule has 0 aliphatic carbocycles. The number of methoxy groups -OCH3 is 1. The molecule has 5 heteroatoms. The van der Waals surface area contributed by atoms with Gasteiger partial charge in [-0.25, -0.2) is 0 Å². The molecule has 2 unspecified atom stereocenters. The van der Waals surface area contributed by atoms with Crippen molar-refractivity contribution in [3.05, 3.63) is 0 Å². The molecule has 1 heterocycles. The van der Waals surface area contributed by atoms with Gasteiger partial charge in [0.15, 0.2) is 0 Å². The van der Waals surface area contributed by atoms with Crippen molar-refractivity contribution in [3.63, 3.8) is 0 Å². The Kier molecular flexibility index (Phi) is 6.46. The maximum absolute atomic E-state index is 12.7. The molecule has 2 amide bonds. The molecule has 0 aromatic rings. The summed E-state index contributed by atoms with van der Waals surface area (Å²) in [5.41, 5.74) is 0. The average molecular weight is 284 g/mol. The topological polar surface area (TPSA) is 58.6 Å². The van der Waals surface area contributed by atoms with E-state index < -0.39 is 6.04 Å². The highest BCUT2D eigenvalue weighted by Crippen LogP contribution is 2.18. The van der Waals surface area contributed by atoms with E-state index in [1.165, 1.54) is 0 Å². The van der Waals surface area contributed by atoms with E-state index in [4.69, 9.17) is 4.74 Å². The third-order valence-corrected chi connectivity index (χ3v) is 3.71. The molecule has 1 rings (SSSR count). The van der Waals surface area contributed by atoms with Crippen LogP contribution in [0.2, 0.25) is 0 Å². The molecule has 1 N–H and O–H groups in total. The molecule has 2 atom stereocenters. The lowest BCUT2D eigenvalue weighted by Crippen LogP contribution is -2.51. The minimum absolute atomic E-state index is 0.0230. The Hall–Kier alpha value is -1.10. The Balaban J connectivity index is 2.92. The third kappa shape index (κ3) is 4.47. The van der Waals surface area contributed by atoms with E-state index in [1.54, 1.807) is 7.11 Å². The summed E-state index contributed by atoms with van der Waals surface area (Å²) in [6.45, 7) is 9.26. The minimum atomic E-state index is -0.400. The maximum atomic E-state index is 12.7. The predicted octanol–water partition coefficient (Wildman–Crippen LogP) is 1.42. The highest BCUT2D eigenvalue weighted by atomic mass is 16.5. The van der Waals surface area contributed by atoms with Crippen LogP contribution in [-0.2, 0) is 14.3 Å². The minimum Gasteiger partial charge on any atom is -0.383 e. The summed E-state index contributed by atoms with van der Waals surface area (Å²) in [7, 11) is 1.65. The van der Waals surface area contributed by atoms with Crippen molar-refractivity contribution >= 4 is 11.8 Å². The molecular weight excluding hydrogens is 256 g/mol. The number of carbonyl (C=O) groups excluding carboxylic acids is 2. The lowest BCUT2D eigenvalue weighted by Gasteiger charge is -2.34. The van der Waals surface area contributed by atoms with Crippen LogP contribution < -0.4 is 5.32 Å². The molecule has 20 heavy (non-hydrogen) atoms. The van der Waals surface area contributed by atoms with Crippen LogP contribution >= 0.6 is 0 Å². The Labute approximate surface area is 122 Å². The number of carbonyl (C=O) groups is 2. The van der Waals surface area contributed by atoms with E-state index in [0.717, 1.165) is 0 Å². The Bertz CT molecular complexity index is 342. The second-order valence-electron chi connectivity index (χ2n) is 6.30. The van der Waals surface area contributed by atoms with Crippen molar-refractivity contribution in [2.24, 2.45) is 11.8 Å². The molecule has 0 saturated carbocycles. The summed E-state index contributed by atoms with van der Waals surface area (Å²) in [4.78, 5) is 26.3. The lowest BCUT2D eigenvalue weighted by molar-refractivity contribution is -0.138. The second kappa shape index (κ2) is 7.62. The van der Waals surface area contributed by atoms with Crippen molar-refractivity contribution in [2.45, 2.75) is 52.6 Å². The van der Waals surface area contributed by atoms with Crippen molar-refractivity contribution < 1.29 is 14.3 Å². The quantitative estimate of drug-likeness (QED) is 0.802. The summed E-state index contributed by atoms with van der Waals surface area (Å²) in [5.74, 6) is 0.655. The van der Waals surface area contributed by atoms with Gasteiger partial charge in [0.1, 0.15) is 6.04 Å². The Morgan fingerprint density at radius 1 is 1.30 bits per heavy atom. The van der Waals surface area contributed by atoms with Gasteiger partial charge in [-0.3, -0.25) is 9.59 Å². The average Bonchev–Trinajstić information content (AvgIpc) is 2.47. The zero-order valence-electron chi connectivity index (χ0n) is 13.3. The largest absolute Gasteiger partial charge is 0.383 e. The highest BCUT2D eigenvalue weighted by molar-refractivity contribution is 5.90. The van der Waals surface area contributed by atoms with Gasteiger partial charge >= 0.3 is 0 Å². The summed E-state index contributed by atoms with van der Waals surface area (Å²) in [6.07, 6.45) is 1.05. The molecule has 0 radical (unpaired) electrons. The van der Waals surface area contributed by atoms with Gasteiger partial charge < -0.3 is 15.0 Å². The van der Waals surface area contributed by atoms with Crippen LogP contribution in [0.25, 0.3) is 0 Å². The first-order chi connectivity index (χ1) is 9.36. The van der Waals surface area contributed by atoms with Crippen molar-refractivity contribution in [1.82, 2.24) is 10.2 Å². The van der Waals surface area contributed by atoms with Crippen molar-refractivity contribution in [3.8, 4) is 0 Å². The van der Waals surface area contributed by atoms with E-state index in [0.29, 0.717) is 37.8 Å². The Morgan fingerprint density at radius 3 is 2.45 bits per heavy atom. The molecule has 1 aliphatic rings. The molecule has 1 saturated heterocycles. The van der Waals surface area contributed by atoms with Gasteiger partial charge in [-0.1, -0.05) is 27.7 Å². The van der Waals surface area contributed by atoms with E-state index in [2.05, 4.69) is 33.0 Å². The van der Waals surface area contributed by atoms with Crippen molar-refractivity contribution in [1.29, 1.82) is 0 Å². The van der Waals surface area contributed by atoms with Gasteiger partial charge in [0.05, 0.1) is 12.6 Å². The zero-order valence-corrected chi connectivity index (χ0v) is 13.3. The Morgan fingerprint density at radius 2 is 1.95 bits per heavy atom. The van der Waals surface area contributed by atoms with Gasteiger partial charge in [-0.2, -0.15) is 0 Å².